The summed E-state index contributed by atoms with van der Waals surface area (Å²) in [5, 5.41) is 2.69. The maximum absolute atomic E-state index is 12.7. The molecule has 10 heteroatoms. The van der Waals surface area contributed by atoms with Gasteiger partial charge in [0.15, 0.2) is 0 Å². The van der Waals surface area contributed by atoms with E-state index in [9.17, 15) is 21.6 Å². The van der Waals surface area contributed by atoms with E-state index < -0.39 is 26.0 Å². The highest BCUT2D eigenvalue weighted by molar-refractivity contribution is 7.93. The van der Waals surface area contributed by atoms with E-state index >= 15 is 0 Å². The zero-order valence-corrected chi connectivity index (χ0v) is 20.8. The summed E-state index contributed by atoms with van der Waals surface area (Å²) >= 11 is 0. The van der Waals surface area contributed by atoms with Crippen LogP contribution >= 0.6 is 0 Å². The Morgan fingerprint density at radius 2 is 1.22 bits per heavy atom. The molecule has 0 saturated heterocycles. The molecule has 0 aromatic heterocycles. The van der Waals surface area contributed by atoms with Gasteiger partial charge in [0.2, 0.25) is 0 Å². The van der Waals surface area contributed by atoms with Crippen molar-refractivity contribution in [1.82, 2.24) is 0 Å². The molecule has 36 heavy (non-hydrogen) atoms. The van der Waals surface area contributed by atoms with Crippen molar-refractivity contribution in [2.24, 2.45) is 0 Å². The number of hydrogen-bond donors (Lipinski definition) is 3. The number of rotatable bonds is 8. The fourth-order valence-corrected chi connectivity index (χ4v) is 5.55. The zero-order chi connectivity index (χ0) is 25.8. The average molecular weight is 522 g/mol. The Hall–Kier alpha value is -4.15. The van der Waals surface area contributed by atoms with E-state index in [1.807, 2.05) is 6.07 Å². The molecule has 0 spiro atoms. The minimum absolute atomic E-state index is 0.0427. The summed E-state index contributed by atoms with van der Waals surface area (Å²) in [4.78, 5) is 12.9. The number of benzene rings is 4. The van der Waals surface area contributed by atoms with Crippen LogP contribution in [0.2, 0.25) is 0 Å². The summed E-state index contributed by atoms with van der Waals surface area (Å²) in [6, 6.07) is 26.7. The SMILES string of the molecule is Cc1ccccc1NS(=O)(=O)c1ccc(NC(=O)c2cccc(NS(=O)(=O)c3ccccc3)c2)cc1. The molecular weight excluding hydrogens is 498 g/mol. The van der Waals surface area contributed by atoms with Crippen molar-refractivity contribution in [3.63, 3.8) is 0 Å². The van der Waals surface area contributed by atoms with Gasteiger partial charge >= 0.3 is 0 Å². The molecule has 184 valence electrons. The Morgan fingerprint density at radius 3 is 1.92 bits per heavy atom. The first-order valence-corrected chi connectivity index (χ1v) is 13.8. The maximum Gasteiger partial charge on any atom is 0.261 e. The first kappa shape index (κ1) is 25.0. The molecule has 0 aliphatic carbocycles. The van der Waals surface area contributed by atoms with Gasteiger partial charge in [0.25, 0.3) is 26.0 Å². The Kier molecular flexibility index (Phi) is 7.09. The molecule has 0 radical (unpaired) electrons. The van der Waals surface area contributed by atoms with Gasteiger partial charge in [-0.05, 0) is 73.2 Å². The largest absolute Gasteiger partial charge is 0.322 e. The van der Waals surface area contributed by atoms with Crippen molar-refractivity contribution in [2.75, 3.05) is 14.8 Å². The first-order chi connectivity index (χ1) is 17.1. The van der Waals surface area contributed by atoms with Crippen molar-refractivity contribution >= 4 is 43.0 Å². The molecule has 0 atom stereocenters. The number of carbonyl (C=O) groups is 1. The summed E-state index contributed by atoms with van der Waals surface area (Å²) in [7, 11) is -7.61. The predicted octanol–water partition coefficient (Wildman–Crippen LogP) is 4.85. The third-order valence-electron chi connectivity index (χ3n) is 5.24. The second-order valence-electron chi connectivity index (χ2n) is 7.90. The highest BCUT2D eigenvalue weighted by Crippen LogP contribution is 2.22. The number of aryl methyl sites for hydroxylation is 1. The molecule has 0 fully saturated rings. The van der Waals surface area contributed by atoms with Crippen molar-refractivity contribution in [1.29, 1.82) is 0 Å². The highest BCUT2D eigenvalue weighted by atomic mass is 32.2. The Morgan fingerprint density at radius 1 is 0.611 bits per heavy atom. The lowest BCUT2D eigenvalue weighted by Gasteiger charge is -2.12. The quantitative estimate of drug-likeness (QED) is 0.306. The monoisotopic (exact) mass is 521 g/mol. The van der Waals surface area contributed by atoms with Gasteiger partial charge < -0.3 is 5.32 Å². The van der Waals surface area contributed by atoms with Crippen LogP contribution in [0.5, 0.6) is 0 Å². The van der Waals surface area contributed by atoms with E-state index in [1.165, 1.54) is 42.5 Å². The number of anilines is 3. The molecule has 4 rings (SSSR count). The van der Waals surface area contributed by atoms with Gasteiger partial charge in [0.05, 0.1) is 15.5 Å². The Labute approximate surface area is 210 Å². The van der Waals surface area contributed by atoms with Gasteiger partial charge in [-0.1, -0.05) is 42.5 Å². The fourth-order valence-electron chi connectivity index (χ4n) is 3.35. The molecule has 8 nitrogen and oxygen atoms in total. The summed E-state index contributed by atoms with van der Waals surface area (Å²) < 4.78 is 55.5. The first-order valence-electron chi connectivity index (χ1n) is 10.8. The van der Waals surface area contributed by atoms with Gasteiger partial charge in [-0.15, -0.1) is 0 Å². The van der Waals surface area contributed by atoms with Crippen LogP contribution in [0.4, 0.5) is 17.1 Å². The van der Waals surface area contributed by atoms with Crippen molar-refractivity contribution in [3.8, 4) is 0 Å². The van der Waals surface area contributed by atoms with Crippen LogP contribution in [-0.4, -0.2) is 22.7 Å². The van der Waals surface area contributed by atoms with E-state index in [1.54, 1.807) is 61.5 Å². The number of hydrogen-bond acceptors (Lipinski definition) is 5. The van der Waals surface area contributed by atoms with Gasteiger partial charge in [-0.2, -0.15) is 0 Å². The minimum atomic E-state index is -3.81. The number of sulfonamides is 2. The van der Waals surface area contributed by atoms with Crippen LogP contribution in [0.25, 0.3) is 0 Å². The molecule has 4 aromatic carbocycles. The molecule has 0 bridgehead atoms. The maximum atomic E-state index is 12.7. The Balaban J connectivity index is 1.45. The van der Waals surface area contributed by atoms with Crippen molar-refractivity contribution in [3.05, 3.63) is 114 Å². The molecule has 3 N–H and O–H groups in total. The van der Waals surface area contributed by atoms with Gasteiger partial charge in [0.1, 0.15) is 0 Å². The lowest BCUT2D eigenvalue weighted by atomic mass is 10.2. The molecule has 1 amide bonds. The van der Waals surface area contributed by atoms with Crippen LogP contribution in [0.15, 0.2) is 113 Å². The molecule has 0 aliphatic heterocycles. The number of para-hydroxylation sites is 1. The molecule has 0 unspecified atom stereocenters. The van der Waals surface area contributed by atoms with E-state index in [0.717, 1.165) is 5.56 Å². The van der Waals surface area contributed by atoms with Gasteiger partial charge in [-0.3, -0.25) is 14.2 Å². The van der Waals surface area contributed by atoms with Crippen molar-refractivity contribution < 1.29 is 21.6 Å². The third-order valence-corrected chi connectivity index (χ3v) is 8.02. The average Bonchev–Trinajstić information content (AvgIpc) is 2.86. The smallest absolute Gasteiger partial charge is 0.261 e. The Bertz CT molecular complexity index is 1600. The molecular formula is C26H23N3O5S2. The second-order valence-corrected chi connectivity index (χ2v) is 11.3. The van der Waals surface area contributed by atoms with Gasteiger partial charge in [-0.25, -0.2) is 16.8 Å². The number of amides is 1. The topological polar surface area (TPSA) is 121 Å². The zero-order valence-electron chi connectivity index (χ0n) is 19.2. The highest BCUT2D eigenvalue weighted by Gasteiger charge is 2.17. The van der Waals surface area contributed by atoms with Crippen LogP contribution < -0.4 is 14.8 Å². The van der Waals surface area contributed by atoms with E-state index in [2.05, 4.69) is 14.8 Å². The third kappa shape index (κ3) is 5.91. The minimum Gasteiger partial charge on any atom is -0.322 e. The molecule has 0 saturated carbocycles. The fraction of sp³-hybridized carbons (Fsp3) is 0.0385. The van der Waals surface area contributed by atoms with Crippen LogP contribution in [0.1, 0.15) is 15.9 Å². The number of nitrogens with one attached hydrogen (secondary N) is 3. The molecule has 0 heterocycles. The normalized spacial score (nSPS) is 11.5. The van der Waals surface area contributed by atoms with Crippen LogP contribution in [0.3, 0.4) is 0 Å². The van der Waals surface area contributed by atoms with E-state index in [0.29, 0.717) is 11.4 Å². The summed E-state index contributed by atoms with van der Waals surface area (Å²) in [6.07, 6.45) is 0. The molecule has 0 aliphatic rings. The van der Waals surface area contributed by atoms with E-state index in [4.69, 9.17) is 0 Å². The summed E-state index contributed by atoms with van der Waals surface area (Å²) in [6.45, 7) is 1.80. The van der Waals surface area contributed by atoms with Crippen LogP contribution in [0, 0.1) is 6.92 Å². The van der Waals surface area contributed by atoms with Crippen molar-refractivity contribution in [2.45, 2.75) is 16.7 Å². The van der Waals surface area contributed by atoms with Gasteiger partial charge in [0, 0.05) is 16.9 Å². The number of carbonyl (C=O) groups excluding carboxylic acids is 1. The standard InChI is InChI=1S/C26H23N3O5S2/c1-19-8-5-6-13-25(19)29-36(33,34)24-16-14-21(15-17-24)27-26(30)20-9-7-10-22(18-20)28-35(31,32)23-11-3-2-4-12-23/h2-18,28-29H,1H3,(H,27,30). The van der Waals surface area contributed by atoms with E-state index in [-0.39, 0.29) is 21.0 Å². The summed E-state index contributed by atoms with van der Waals surface area (Å²) in [5.41, 5.74) is 2.11. The summed E-state index contributed by atoms with van der Waals surface area (Å²) in [5.74, 6) is -0.482. The lowest BCUT2D eigenvalue weighted by molar-refractivity contribution is 0.102. The predicted molar refractivity (Wildman–Crippen MR) is 140 cm³/mol. The molecule has 4 aromatic rings. The second kappa shape index (κ2) is 10.2. The lowest BCUT2D eigenvalue weighted by Crippen LogP contribution is -2.15. The van der Waals surface area contributed by atoms with Crippen LogP contribution in [-0.2, 0) is 20.0 Å².